The summed E-state index contributed by atoms with van der Waals surface area (Å²) in [6.07, 6.45) is 5.21. The summed E-state index contributed by atoms with van der Waals surface area (Å²) in [4.78, 5) is 5.28. The van der Waals surface area contributed by atoms with Gasteiger partial charge >= 0.3 is 0 Å². The van der Waals surface area contributed by atoms with Crippen molar-refractivity contribution in [3.8, 4) is 10.6 Å². The number of oxazole rings is 1. The number of aromatic nitrogens is 1. The number of nitrogens with zero attached hydrogens (tertiary/aromatic N) is 1. The van der Waals surface area contributed by atoms with E-state index in [1.54, 1.807) is 17.5 Å². The largest absolute Gasteiger partial charge is 0.440 e. The van der Waals surface area contributed by atoms with E-state index in [4.69, 9.17) is 16.0 Å². The number of hydrogen-bond acceptors (Lipinski definition) is 4. The second-order valence-corrected chi connectivity index (χ2v) is 5.92. The van der Waals surface area contributed by atoms with Gasteiger partial charge in [0.25, 0.3) is 0 Å². The molecule has 0 aromatic carbocycles. The Hall–Kier alpha value is -0.840. The van der Waals surface area contributed by atoms with E-state index in [9.17, 15) is 0 Å². The van der Waals surface area contributed by atoms with Gasteiger partial charge in [0.1, 0.15) is 0 Å². The molecule has 1 N–H and O–H groups in total. The molecule has 1 aliphatic rings. The minimum absolute atomic E-state index is 0.730. The molecule has 96 valence electrons. The molecule has 5 heteroatoms. The zero-order valence-electron chi connectivity index (χ0n) is 10.2. The summed E-state index contributed by atoms with van der Waals surface area (Å²) in [6.45, 7) is 2.93. The van der Waals surface area contributed by atoms with E-state index < -0.39 is 0 Å². The van der Waals surface area contributed by atoms with Crippen LogP contribution in [0.2, 0.25) is 5.02 Å². The molecule has 1 aliphatic carbocycles. The molecule has 2 heterocycles. The molecule has 0 atom stereocenters. The van der Waals surface area contributed by atoms with Crippen LogP contribution < -0.4 is 5.32 Å². The van der Waals surface area contributed by atoms with Crippen LogP contribution in [0.4, 0.5) is 0 Å². The lowest BCUT2D eigenvalue weighted by Gasteiger charge is -1.98. The van der Waals surface area contributed by atoms with Crippen molar-refractivity contribution < 1.29 is 4.42 Å². The summed E-state index contributed by atoms with van der Waals surface area (Å²) in [6, 6.07) is 0.730. The Labute approximate surface area is 115 Å². The van der Waals surface area contributed by atoms with Crippen molar-refractivity contribution in [1.29, 1.82) is 0 Å². The van der Waals surface area contributed by atoms with E-state index in [2.05, 4.69) is 10.3 Å². The molecule has 1 fully saturated rings. The minimum atomic E-state index is 0.730. The fraction of sp³-hybridized carbons (Fsp3) is 0.462. The number of thiophene rings is 1. The first-order chi connectivity index (χ1) is 8.74. The van der Waals surface area contributed by atoms with Gasteiger partial charge in [-0.25, -0.2) is 4.98 Å². The highest BCUT2D eigenvalue weighted by Gasteiger charge is 2.20. The molecular formula is C13H15ClN2OS. The highest BCUT2D eigenvalue weighted by Crippen LogP contribution is 2.36. The number of aryl methyl sites for hydroxylation is 1. The van der Waals surface area contributed by atoms with E-state index >= 15 is 0 Å². The Morgan fingerprint density at radius 1 is 1.56 bits per heavy atom. The van der Waals surface area contributed by atoms with Gasteiger partial charge in [0.2, 0.25) is 0 Å². The first-order valence-corrected chi connectivity index (χ1v) is 7.42. The third-order valence-electron chi connectivity index (χ3n) is 3.03. The lowest BCUT2D eigenvalue weighted by atomic mass is 10.3. The molecule has 3 nitrogen and oxygen atoms in total. The Bertz CT molecular complexity index is 545. The Morgan fingerprint density at radius 2 is 2.39 bits per heavy atom. The Balaban J connectivity index is 1.66. The van der Waals surface area contributed by atoms with Gasteiger partial charge in [0.15, 0.2) is 11.7 Å². The van der Waals surface area contributed by atoms with Gasteiger partial charge < -0.3 is 9.73 Å². The quantitative estimate of drug-likeness (QED) is 0.909. The number of nitrogens with one attached hydrogen (secondary N) is 1. The van der Waals surface area contributed by atoms with Crippen LogP contribution in [0.1, 0.15) is 24.3 Å². The predicted molar refractivity (Wildman–Crippen MR) is 74.3 cm³/mol. The van der Waals surface area contributed by atoms with Crippen LogP contribution in [0.15, 0.2) is 16.0 Å². The molecule has 0 aliphatic heterocycles. The van der Waals surface area contributed by atoms with Crippen LogP contribution in [0.5, 0.6) is 0 Å². The molecule has 0 spiro atoms. The SMILES string of the molecule is Cc1csc(-c2cnc(CCNC3CC3)o2)c1Cl. The van der Waals surface area contributed by atoms with Crippen molar-refractivity contribution in [1.82, 2.24) is 10.3 Å². The molecule has 0 saturated heterocycles. The lowest BCUT2D eigenvalue weighted by Crippen LogP contribution is -2.19. The molecule has 0 amide bonds. The normalized spacial score (nSPS) is 15.2. The summed E-state index contributed by atoms with van der Waals surface area (Å²) >= 11 is 7.82. The van der Waals surface area contributed by atoms with Crippen molar-refractivity contribution in [2.24, 2.45) is 0 Å². The zero-order valence-corrected chi connectivity index (χ0v) is 11.8. The minimum Gasteiger partial charge on any atom is -0.440 e. The van der Waals surface area contributed by atoms with Gasteiger partial charge in [-0.05, 0) is 30.7 Å². The molecular weight excluding hydrogens is 268 g/mol. The van der Waals surface area contributed by atoms with Crippen LogP contribution in [0.25, 0.3) is 10.6 Å². The molecule has 0 unspecified atom stereocenters. The molecule has 1 saturated carbocycles. The van der Waals surface area contributed by atoms with Gasteiger partial charge in [-0.1, -0.05) is 11.6 Å². The second-order valence-electron chi connectivity index (χ2n) is 4.66. The van der Waals surface area contributed by atoms with Crippen molar-refractivity contribution in [2.75, 3.05) is 6.54 Å². The smallest absolute Gasteiger partial charge is 0.196 e. The predicted octanol–water partition coefficient (Wildman–Crippen LogP) is 3.66. The number of halogens is 1. The topological polar surface area (TPSA) is 38.1 Å². The Kier molecular flexibility index (Phi) is 3.41. The molecule has 0 bridgehead atoms. The van der Waals surface area contributed by atoms with Crippen LogP contribution in [-0.4, -0.2) is 17.6 Å². The second kappa shape index (κ2) is 5.03. The highest BCUT2D eigenvalue weighted by atomic mass is 35.5. The van der Waals surface area contributed by atoms with Gasteiger partial charge in [-0.15, -0.1) is 11.3 Å². The summed E-state index contributed by atoms with van der Waals surface area (Å²) in [5, 5.41) is 6.26. The average Bonchev–Trinajstić information content (AvgIpc) is 2.97. The maximum absolute atomic E-state index is 6.22. The summed E-state index contributed by atoms with van der Waals surface area (Å²) in [5.41, 5.74) is 1.09. The van der Waals surface area contributed by atoms with E-state index in [0.717, 1.165) is 46.1 Å². The third kappa shape index (κ3) is 2.60. The van der Waals surface area contributed by atoms with Crippen LogP contribution >= 0.6 is 22.9 Å². The van der Waals surface area contributed by atoms with Crippen LogP contribution in [0, 0.1) is 6.92 Å². The van der Waals surface area contributed by atoms with Crippen LogP contribution in [0.3, 0.4) is 0 Å². The van der Waals surface area contributed by atoms with Crippen LogP contribution in [-0.2, 0) is 6.42 Å². The fourth-order valence-electron chi connectivity index (χ4n) is 1.80. The molecule has 0 radical (unpaired) electrons. The van der Waals surface area contributed by atoms with E-state index in [1.807, 2.05) is 12.3 Å². The maximum atomic E-state index is 6.22. The van der Waals surface area contributed by atoms with Crippen molar-refractivity contribution in [3.05, 3.63) is 28.1 Å². The van der Waals surface area contributed by atoms with Crippen molar-refractivity contribution >= 4 is 22.9 Å². The van der Waals surface area contributed by atoms with Crippen molar-refractivity contribution in [2.45, 2.75) is 32.2 Å². The Morgan fingerprint density at radius 3 is 3.06 bits per heavy atom. The van der Waals surface area contributed by atoms with Gasteiger partial charge in [-0.3, -0.25) is 0 Å². The summed E-state index contributed by atoms with van der Waals surface area (Å²) < 4.78 is 5.74. The molecule has 3 rings (SSSR count). The standard InChI is InChI=1S/C13H15ClN2OS/c1-8-7-18-13(12(8)14)10-6-16-11(17-10)4-5-15-9-2-3-9/h6-7,9,15H,2-5H2,1H3. The number of rotatable bonds is 5. The summed E-state index contributed by atoms with van der Waals surface area (Å²) in [7, 11) is 0. The highest BCUT2D eigenvalue weighted by molar-refractivity contribution is 7.14. The maximum Gasteiger partial charge on any atom is 0.196 e. The third-order valence-corrected chi connectivity index (χ3v) is 4.74. The van der Waals surface area contributed by atoms with E-state index in [1.165, 1.54) is 12.8 Å². The zero-order chi connectivity index (χ0) is 12.5. The first kappa shape index (κ1) is 12.2. The fourth-order valence-corrected chi connectivity index (χ4v) is 3.03. The number of hydrogen-bond donors (Lipinski definition) is 1. The van der Waals surface area contributed by atoms with Gasteiger partial charge in [0.05, 0.1) is 16.1 Å². The van der Waals surface area contributed by atoms with Crippen molar-refractivity contribution in [3.63, 3.8) is 0 Å². The summed E-state index contributed by atoms with van der Waals surface area (Å²) in [5.74, 6) is 1.56. The van der Waals surface area contributed by atoms with E-state index in [-0.39, 0.29) is 0 Å². The average molecular weight is 283 g/mol. The van der Waals surface area contributed by atoms with Gasteiger partial charge in [-0.2, -0.15) is 0 Å². The molecule has 2 aromatic heterocycles. The van der Waals surface area contributed by atoms with Gasteiger partial charge in [0, 0.05) is 19.0 Å². The van der Waals surface area contributed by atoms with E-state index in [0.29, 0.717) is 0 Å². The molecule has 18 heavy (non-hydrogen) atoms. The molecule has 2 aromatic rings. The lowest BCUT2D eigenvalue weighted by molar-refractivity contribution is 0.495. The monoisotopic (exact) mass is 282 g/mol. The first-order valence-electron chi connectivity index (χ1n) is 6.16.